The van der Waals surface area contributed by atoms with Gasteiger partial charge in [0.25, 0.3) is 0 Å². The predicted molar refractivity (Wildman–Crippen MR) is 119 cm³/mol. The normalized spacial score (nSPS) is 18.5. The second kappa shape index (κ2) is 8.49. The van der Waals surface area contributed by atoms with Gasteiger partial charge in [-0.05, 0) is 63.1 Å². The van der Waals surface area contributed by atoms with Crippen LogP contribution < -0.4 is 14.4 Å². The summed E-state index contributed by atoms with van der Waals surface area (Å²) >= 11 is 0. The van der Waals surface area contributed by atoms with Crippen LogP contribution in [0.4, 0.5) is 10.1 Å². The van der Waals surface area contributed by atoms with Crippen LogP contribution >= 0.6 is 0 Å². The molecular formula is C23H29FN2O4S. The zero-order chi connectivity index (χ0) is 23.0. The van der Waals surface area contributed by atoms with Gasteiger partial charge in [-0.2, -0.15) is 0 Å². The van der Waals surface area contributed by atoms with Gasteiger partial charge in [-0.3, -0.25) is 9.10 Å². The van der Waals surface area contributed by atoms with Crippen molar-refractivity contribution in [2.75, 3.05) is 10.6 Å². The predicted octanol–water partition coefficient (Wildman–Crippen LogP) is 4.10. The van der Waals surface area contributed by atoms with Crippen LogP contribution in [0.5, 0.6) is 5.75 Å². The van der Waals surface area contributed by atoms with Crippen molar-refractivity contribution < 1.29 is 22.3 Å². The topological polar surface area (TPSA) is 75.7 Å². The number of halogens is 1. The lowest BCUT2D eigenvalue weighted by Crippen LogP contribution is -2.51. The highest BCUT2D eigenvalue weighted by molar-refractivity contribution is 7.92. The third-order valence-electron chi connectivity index (χ3n) is 5.35. The molecular weight excluding hydrogens is 419 g/mol. The van der Waals surface area contributed by atoms with Crippen molar-refractivity contribution in [1.82, 2.24) is 5.32 Å². The number of carbonyl (C=O) groups excluding carboxylic acids is 1. The van der Waals surface area contributed by atoms with Crippen LogP contribution in [0.25, 0.3) is 0 Å². The summed E-state index contributed by atoms with van der Waals surface area (Å²) in [7, 11) is -3.79. The third-order valence-corrected chi connectivity index (χ3v) is 6.53. The number of rotatable bonds is 6. The van der Waals surface area contributed by atoms with Crippen molar-refractivity contribution in [3.8, 4) is 5.75 Å². The average Bonchev–Trinajstić information content (AvgIpc) is 2.64. The fourth-order valence-electron chi connectivity index (χ4n) is 4.00. The van der Waals surface area contributed by atoms with E-state index in [1.807, 2.05) is 39.0 Å². The van der Waals surface area contributed by atoms with Gasteiger partial charge >= 0.3 is 0 Å². The van der Waals surface area contributed by atoms with Gasteiger partial charge in [0.05, 0.1) is 18.0 Å². The Morgan fingerprint density at radius 1 is 1.26 bits per heavy atom. The highest BCUT2D eigenvalue weighted by Crippen LogP contribution is 2.40. The van der Waals surface area contributed by atoms with E-state index in [2.05, 4.69) is 5.32 Å². The van der Waals surface area contributed by atoms with Gasteiger partial charge in [-0.15, -0.1) is 0 Å². The van der Waals surface area contributed by atoms with E-state index in [9.17, 15) is 17.6 Å². The van der Waals surface area contributed by atoms with Gasteiger partial charge in [-0.1, -0.05) is 19.1 Å². The van der Waals surface area contributed by atoms with Crippen LogP contribution in [0.2, 0.25) is 0 Å². The number of carbonyl (C=O) groups is 1. The van der Waals surface area contributed by atoms with E-state index < -0.39 is 33.4 Å². The number of benzene rings is 2. The number of anilines is 1. The number of sulfonamides is 1. The molecule has 1 amide bonds. The number of hydrogen-bond acceptors (Lipinski definition) is 4. The zero-order valence-corrected chi connectivity index (χ0v) is 19.3. The number of hydrogen-bond donors (Lipinski definition) is 1. The van der Waals surface area contributed by atoms with E-state index in [4.69, 9.17) is 4.74 Å². The molecule has 0 spiro atoms. The number of nitrogens with one attached hydrogen (secondary N) is 1. The summed E-state index contributed by atoms with van der Waals surface area (Å²) in [6.45, 7) is 7.63. The van der Waals surface area contributed by atoms with Gasteiger partial charge < -0.3 is 10.1 Å². The highest BCUT2D eigenvalue weighted by Gasteiger charge is 2.37. The molecule has 1 N–H and O–H groups in total. The summed E-state index contributed by atoms with van der Waals surface area (Å²) in [5, 5.41) is 3.04. The van der Waals surface area contributed by atoms with Crippen LogP contribution in [0.1, 0.15) is 50.8 Å². The van der Waals surface area contributed by atoms with Crippen molar-refractivity contribution in [2.24, 2.45) is 0 Å². The first kappa shape index (κ1) is 23.1. The Kier molecular flexibility index (Phi) is 6.32. The number of ether oxygens (including phenoxy) is 1. The molecule has 0 bridgehead atoms. The van der Waals surface area contributed by atoms with Crippen LogP contribution in [-0.2, 0) is 14.8 Å². The first-order chi connectivity index (χ1) is 14.4. The zero-order valence-electron chi connectivity index (χ0n) is 18.5. The lowest BCUT2D eigenvalue weighted by atomic mass is 9.89. The van der Waals surface area contributed by atoms with Crippen molar-refractivity contribution in [2.45, 2.75) is 58.2 Å². The van der Waals surface area contributed by atoms with Gasteiger partial charge in [0.2, 0.25) is 15.9 Å². The summed E-state index contributed by atoms with van der Waals surface area (Å²) in [5.41, 5.74) is 1.66. The Morgan fingerprint density at radius 3 is 2.48 bits per heavy atom. The molecule has 2 unspecified atom stereocenters. The second-order valence-electron chi connectivity index (χ2n) is 8.63. The molecule has 0 fully saturated rings. The van der Waals surface area contributed by atoms with Crippen LogP contribution in [0, 0.1) is 12.7 Å². The summed E-state index contributed by atoms with van der Waals surface area (Å²) in [6, 6.07) is 9.61. The van der Waals surface area contributed by atoms with E-state index in [0.29, 0.717) is 12.2 Å². The number of fused-ring (bicyclic) bond motifs is 1. The molecule has 1 aliphatic heterocycles. The fourth-order valence-corrected chi connectivity index (χ4v) is 5.22. The Hall–Kier alpha value is -2.61. The Labute approximate surface area is 183 Å². The van der Waals surface area contributed by atoms with Crippen molar-refractivity contribution in [3.63, 3.8) is 0 Å². The molecule has 31 heavy (non-hydrogen) atoms. The molecule has 6 nitrogen and oxygen atoms in total. The first-order valence-corrected chi connectivity index (χ1v) is 12.1. The maximum Gasteiger partial charge on any atom is 0.244 e. The molecule has 8 heteroatoms. The van der Waals surface area contributed by atoms with E-state index in [-0.39, 0.29) is 18.2 Å². The monoisotopic (exact) mass is 448 g/mol. The summed E-state index contributed by atoms with van der Waals surface area (Å²) < 4.78 is 45.7. The molecule has 2 aromatic rings. The molecule has 0 aromatic heterocycles. The van der Waals surface area contributed by atoms with Crippen molar-refractivity contribution in [3.05, 3.63) is 59.4 Å². The van der Waals surface area contributed by atoms with Gasteiger partial charge in [0, 0.05) is 12.0 Å². The van der Waals surface area contributed by atoms with E-state index in [1.165, 1.54) is 24.3 Å². The Balaban J connectivity index is 1.94. The molecule has 0 radical (unpaired) electrons. The summed E-state index contributed by atoms with van der Waals surface area (Å²) in [6.07, 6.45) is 1.84. The molecule has 1 heterocycles. The number of amides is 1. The van der Waals surface area contributed by atoms with Gasteiger partial charge in [0.15, 0.2) is 0 Å². The van der Waals surface area contributed by atoms with Crippen LogP contribution in [0.3, 0.4) is 0 Å². The lowest BCUT2D eigenvalue weighted by molar-refractivity contribution is -0.123. The number of aryl methyl sites for hydroxylation is 1. The Morgan fingerprint density at radius 2 is 1.90 bits per heavy atom. The fraction of sp³-hybridized carbons (Fsp3) is 0.435. The SMILES string of the molecule is CCC(C(=O)NC1CC(C)(C)Oc2cc(C)ccc21)N(c1ccc(F)cc1)S(C)(=O)=O. The molecule has 168 valence electrons. The van der Waals surface area contributed by atoms with Gasteiger partial charge in [-0.25, -0.2) is 12.8 Å². The average molecular weight is 449 g/mol. The standard InChI is InChI=1S/C23H29FN2O4S/c1-6-20(26(31(5,28)29)17-10-8-16(24)9-11-17)22(27)25-19-14-23(3,4)30-21-13-15(2)7-12-18(19)21/h7-13,19-20H,6,14H2,1-5H3,(H,25,27). The smallest absolute Gasteiger partial charge is 0.244 e. The third kappa shape index (κ3) is 5.18. The van der Waals surface area contributed by atoms with Gasteiger partial charge in [0.1, 0.15) is 23.2 Å². The summed E-state index contributed by atoms with van der Waals surface area (Å²) in [4.78, 5) is 13.3. The molecule has 2 atom stereocenters. The molecule has 0 saturated carbocycles. The molecule has 2 aromatic carbocycles. The summed E-state index contributed by atoms with van der Waals surface area (Å²) in [5.74, 6) is -0.175. The van der Waals surface area contributed by atoms with E-state index in [1.54, 1.807) is 6.92 Å². The highest BCUT2D eigenvalue weighted by atomic mass is 32.2. The minimum atomic E-state index is -3.79. The minimum absolute atomic E-state index is 0.245. The number of nitrogens with zero attached hydrogens (tertiary/aromatic N) is 1. The van der Waals surface area contributed by atoms with Crippen molar-refractivity contribution >= 4 is 21.6 Å². The largest absolute Gasteiger partial charge is 0.487 e. The van der Waals surface area contributed by atoms with Crippen LogP contribution in [-0.4, -0.2) is 32.2 Å². The first-order valence-electron chi connectivity index (χ1n) is 10.3. The van der Waals surface area contributed by atoms with E-state index >= 15 is 0 Å². The maximum atomic E-state index is 13.4. The van der Waals surface area contributed by atoms with Crippen LogP contribution in [0.15, 0.2) is 42.5 Å². The van der Waals surface area contributed by atoms with Crippen molar-refractivity contribution in [1.29, 1.82) is 0 Å². The molecule has 3 rings (SSSR count). The van der Waals surface area contributed by atoms with E-state index in [0.717, 1.165) is 21.7 Å². The Bertz CT molecular complexity index is 1070. The second-order valence-corrected chi connectivity index (χ2v) is 10.5. The lowest BCUT2D eigenvalue weighted by Gasteiger charge is -2.39. The molecule has 0 aliphatic carbocycles. The molecule has 0 saturated heterocycles. The molecule has 1 aliphatic rings. The minimum Gasteiger partial charge on any atom is -0.487 e. The maximum absolute atomic E-state index is 13.4. The quantitative estimate of drug-likeness (QED) is 0.722.